The van der Waals surface area contributed by atoms with Gasteiger partial charge in [0, 0.05) is 17.7 Å². The Hall–Kier alpha value is -4.17. The third kappa shape index (κ3) is 5.45. The van der Waals surface area contributed by atoms with Crippen molar-refractivity contribution in [2.75, 3.05) is 7.11 Å². The van der Waals surface area contributed by atoms with Gasteiger partial charge in [0.1, 0.15) is 41.1 Å². The van der Waals surface area contributed by atoms with Gasteiger partial charge < -0.3 is 49.5 Å². The zero-order valence-corrected chi connectivity index (χ0v) is 21.7. The normalized spacial score (nSPS) is 23.5. The van der Waals surface area contributed by atoms with Crippen molar-refractivity contribution < 1.29 is 53.7 Å². The number of aliphatic hydroxyl groups is 3. The van der Waals surface area contributed by atoms with Crippen LogP contribution >= 0.6 is 0 Å². The molecule has 40 heavy (non-hydrogen) atoms. The van der Waals surface area contributed by atoms with Crippen molar-refractivity contribution in [3.63, 3.8) is 0 Å². The van der Waals surface area contributed by atoms with Crippen molar-refractivity contribution in [2.24, 2.45) is 5.92 Å². The molecule has 1 amide bonds. The Bertz CT molecular complexity index is 1450. The molecule has 0 spiro atoms. The fraction of sp³-hybridized carbons (Fsp3) is 0.370. The van der Waals surface area contributed by atoms with Gasteiger partial charge in [-0.25, -0.2) is 4.79 Å². The van der Waals surface area contributed by atoms with Crippen molar-refractivity contribution in [3.05, 3.63) is 52.7 Å². The lowest BCUT2D eigenvalue weighted by Crippen LogP contribution is -2.64. The van der Waals surface area contributed by atoms with Gasteiger partial charge >= 0.3 is 5.97 Å². The molecule has 2 aromatic carbocycles. The second-order valence-corrected chi connectivity index (χ2v) is 9.55. The molecule has 1 aliphatic rings. The molecular weight excluding hydrogens is 530 g/mol. The minimum absolute atomic E-state index is 0.156. The van der Waals surface area contributed by atoms with Crippen molar-refractivity contribution in [2.45, 2.75) is 50.6 Å². The van der Waals surface area contributed by atoms with Crippen LogP contribution in [0.15, 0.2) is 51.7 Å². The maximum Gasteiger partial charge on any atom is 0.328 e. The molecular formula is C27H29NO12. The lowest BCUT2D eigenvalue weighted by atomic mass is 9.97. The lowest BCUT2D eigenvalue weighted by molar-refractivity contribution is -0.267. The van der Waals surface area contributed by atoms with Gasteiger partial charge in [-0.3, -0.25) is 9.59 Å². The zero-order chi connectivity index (χ0) is 29.3. The maximum atomic E-state index is 12.9. The molecule has 1 aromatic heterocycles. The van der Waals surface area contributed by atoms with Crippen LogP contribution in [-0.4, -0.2) is 81.3 Å². The fourth-order valence-electron chi connectivity index (χ4n) is 4.25. The highest BCUT2D eigenvalue weighted by Gasteiger charge is 2.49. The molecule has 2 heterocycles. The smallest absolute Gasteiger partial charge is 0.328 e. The molecule has 0 bridgehead atoms. The van der Waals surface area contributed by atoms with Gasteiger partial charge in [0.05, 0.1) is 7.11 Å². The number of hydrogen-bond acceptors (Lipinski definition) is 12. The average molecular weight is 560 g/mol. The highest BCUT2D eigenvalue weighted by Crippen LogP contribution is 2.42. The van der Waals surface area contributed by atoms with E-state index in [1.54, 1.807) is 44.2 Å². The van der Waals surface area contributed by atoms with Gasteiger partial charge in [0.25, 0.3) is 5.91 Å². The van der Waals surface area contributed by atoms with Crippen molar-refractivity contribution in [3.8, 4) is 28.6 Å². The van der Waals surface area contributed by atoms with E-state index in [2.05, 4.69) is 10.1 Å². The number of hydrogen-bond donors (Lipinski definition) is 6. The third-order valence-corrected chi connectivity index (χ3v) is 6.48. The van der Waals surface area contributed by atoms with Gasteiger partial charge in [0.15, 0.2) is 23.0 Å². The minimum atomic E-state index is -1.95. The number of benzene rings is 2. The van der Waals surface area contributed by atoms with E-state index in [4.69, 9.17) is 13.9 Å². The van der Waals surface area contributed by atoms with Gasteiger partial charge in [-0.1, -0.05) is 44.2 Å². The summed E-state index contributed by atoms with van der Waals surface area (Å²) in [5.41, 5.74) is -0.288. The molecule has 0 radical (unpaired) electrons. The Morgan fingerprint density at radius 3 is 2.27 bits per heavy atom. The number of carbonyl (C=O) groups excluding carboxylic acids is 2. The van der Waals surface area contributed by atoms with Crippen LogP contribution in [0.4, 0.5) is 0 Å². The molecule has 1 fully saturated rings. The van der Waals surface area contributed by atoms with Gasteiger partial charge in [-0.05, 0) is 5.92 Å². The number of phenolic OH excluding ortho intramolecular Hbond substituents is 2. The summed E-state index contributed by atoms with van der Waals surface area (Å²) in [5.74, 6) is -4.33. The van der Waals surface area contributed by atoms with E-state index in [-0.39, 0.29) is 16.7 Å². The van der Waals surface area contributed by atoms with Gasteiger partial charge in [-0.2, -0.15) is 0 Å². The molecule has 13 heteroatoms. The first kappa shape index (κ1) is 28.8. The number of phenols is 2. The van der Waals surface area contributed by atoms with Crippen molar-refractivity contribution in [1.82, 2.24) is 5.32 Å². The largest absolute Gasteiger partial charge is 0.504 e. The molecule has 4 rings (SSSR count). The van der Waals surface area contributed by atoms with Gasteiger partial charge in [0.2, 0.25) is 12.0 Å². The zero-order valence-electron chi connectivity index (χ0n) is 21.7. The number of esters is 1. The van der Waals surface area contributed by atoms with E-state index in [0.717, 1.165) is 19.2 Å². The second-order valence-electron chi connectivity index (χ2n) is 9.55. The van der Waals surface area contributed by atoms with Crippen LogP contribution in [0.3, 0.4) is 0 Å². The first-order chi connectivity index (χ1) is 18.9. The lowest BCUT2D eigenvalue weighted by Gasteiger charge is -2.39. The van der Waals surface area contributed by atoms with Crippen molar-refractivity contribution >= 4 is 22.8 Å². The van der Waals surface area contributed by atoms with Crippen LogP contribution in [0.2, 0.25) is 0 Å². The molecule has 0 aliphatic carbocycles. The Morgan fingerprint density at radius 1 is 0.975 bits per heavy atom. The van der Waals surface area contributed by atoms with Crippen LogP contribution in [0.5, 0.6) is 17.2 Å². The second kappa shape index (κ2) is 11.5. The highest BCUT2D eigenvalue weighted by molar-refractivity contribution is 5.89. The molecule has 3 aromatic rings. The first-order valence-corrected chi connectivity index (χ1v) is 12.3. The van der Waals surface area contributed by atoms with E-state index in [9.17, 15) is 39.9 Å². The number of ether oxygens (including phenoxy) is 3. The Morgan fingerprint density at radius 2 is 1.65 bits per heavy atom. The van der Waals surface area contributed by atoms with Crippen LogP contribution in [-0.2, 0) is 19.1 Å². The topological polar surface area (TPSA) is 205 Å². The molecule has 6 N–H and O–H groups in total. The number of aliphatic hydroxyl groups excluding tert-OH is 3. The molecule has 0 unspecified atom stereocenters. The standard InChI is InChI=1S/C27H29NO12/c1-11(2)18(26(36)37-3)28-25(35)24-22(33)21(32)23(34)27(40-24)39-16-10-15-17(20(31)19(16)30)13(29)9-14(38-15)12-7-5-4-6-8-12/h4-11,18,21-24,27,30-34H,1-3H3,(H,28,35)/t18-,21-,22-,23-,24+,27+/m0/s1. The monoisotopic (exact) mass is 559 g/mol. The molecule has 6 atom stereocenters. The van der Waals surface area contributed by atoms with Crippen LogP contribution in [0.1, 0.15) is 13.8 Å². The Kier molecular flexibility index (Phi) is 8.30. The summed E-state index contributed by atoms with van der Waals surface area (Å²) in [4.78, 5) is 37.7. The maximum absolute atomic E-state index is 12.9. The predicted molar refractivity (Wildman–Crippen MR) is 137 cm³/mol. The number of aromatic hydroxyl groups is 2. The van der Waals surface area contributed by atoms with Gasteiger partial charge in [-0.15, -0.1) is 0 Å². The predicted octanol–water partition coefficient (Wildman–Crippen LogP) is 0.371. The van der Waals surface area contributed by atoms with Crippen LogP contribution in [0.25, 0.3) is 22.3 Å². The first-order valence-electron chi connectivity index (χ1n) is 12.3. The Balaban J connectivity index is 1.66. The van der Waals surface area contributed by atoms with Crippen molar-refractivity contribution in [1.29, 1.82) is 0 Å². The summed E-state index contributed by atoms with van der Waals surface area (Å²) in [7, 11) is 1.14. The van der Waals surface area contributed by atoms with E-state index in [0.29, 0.717) is 5.56 Å². The van der Waals surface area contributed by atoms with Crippen LogP contribution < -0.4 is 15.5 Å². The molecule has 0 saturated carbocycles. The minimum Gasteiger partial charge on any atom is -0.504 e. The van der Waals surface area contributed by atoms with E-state index >= 15 is 0 Å². The SMILES string of the molecule is COC(=O)[C@@H](NC(=O)[C@@H]1O[C@@H](Oc2cc3oc(-c4ccccc4)cc(=O)c3c(O)c2O)[C@@H](O)[C@@H](O)[C@@H]1O)C(C)C. The molecule has 13 nitrogen and oxygen atoms in total. The van der Waals surface area contributed by atoms with E-state index in [1.807, 2.05) is 0 Å². The number of carbonyl (C=O) groups is 2. The number of fused-ring (bicyclic) bond motifs is 1. The fourth-order valence-corrected chi connectivity index (χ4v) is 4.25. The number of methoxy groups -OCH3 is 1. The summed E-state index contributed by atoms with van der Waals surface area (Å²) < 4.78 is 21.4. The summed E-state index contributed by atoms with van der Waals surface area (Å²) in [6.45, 7) is 3.28. The average Bonchev–Trinajstić information content (AvgIpc) is 2.93. The highest BCUT2D eigenvalue weighted by atomic mass is 16.7. The number of amides is 1. The third-order valence-electron chi connectivity index (χ3n) is 6.48. The van der Waals surface area contributed by atoms with E-state index < -0.39 is 77.2 Å². The summed E-state index contributed by atoms with van der Waals surface area (Å²) >= 11 is 0. The molecule has 214 valence electrons. The quantitative estimate of drug-likeness (QED) is 0.172. The number of nitrogens with one attached hydrogen (secondary N) is 1. The molecule has 1 saturated heterocycles. The van der Waals surface area contributed by atoms with E-state index in [1.165, 1.54) is 0 Å². The number of rotatable bonds is 7. The summed E-state index contributed by atoms with van der Waals surface area (Å²) in [6, 6.07) is 9.70. The summed E-state index contributed by atoms with van der Waals surface area (Å²) in [5, 5.41) is 54.4. The van der Waals surface area contributed by atoms with Crippen LogP contribution in [0, 0.1) is 5.92 Å². The molecule has 1 aliphatic heterocycles. The summed E-state index contributed by atoms with van der Waals surface area (Å²) in [6.07, 6.45) is -9.50. The Labute approximate surface area is 227 Å².